The van der Waals surface area contributed by atoms with Crippen molar-refractivity contribution in [2.75, 3.05) is 20.8 Å². The van der Waals surface area contributed by atoms with Gasteiger partial charge in [0.25, 0.3) is 0 Å². The van der Waals surface area contributed by atoms with E-state index < -0.39 is 0 Å². The largest absolute Gasteiger partial charge is 0.497 e. The number of hydrogen-bond acceptors (Lipinski definition) is 5. The molecule has 0 aromatic heterocycles. The zero-order valence-corrected chi connectivity index (χ0v) is 11.6. The minimum Gasteiger partial charge on any atom is -0.497 e. The van der Waals surface area contributed by atoms with E-state index in [1.54, 1.807) is 25.3 Å². The molecule has 0 spiro atoms. The van der Waals surface area contributed by atoms with Crippen LogP contribution < -0.4 is 14.8 Å². The van der Waals surface area contributed by atoms with Gasteiger partial charge in [-0.05, 0) is 12.1 Å². The monoisotopic (exact) mass is 285 g/mol. The third kappa shape index (κ3) is 3.30. The molecule has 2 rings (SSSR count). The SMILES string of the molecule is COC(=O)C1CC(Oc2ccc(OC)cc2Cl)CN1. The van der Waals surface area contributed by atoms with E-state index in [2.05, 4.69) is 10.1 Å². The van der Waals surface area contributed by atoms with E-state index in [9.17, 15) is 4.79 Å². The normalized spacial score (nSPS) is 22.1. The van der Waals surface area contributed by atoms with Gasteiger partial charge >= 0.3 is 5.97 Å². The molecule has 104 valence electrons. The van der Waals surface area contributed by atoms with Gasteiger partial charge in [0.2, 0.25) is 0 Å². The van der Waals surface area contributed by atoms with Gasteiger partial charge in [-0.3, -0.25) is 4.79 Å². The van der Waals surface area contributed by atoms with Crippen molar-refractivity contribution >= 4 is 17.6 Å². The smallest absolute Gasteiger partial charge is 0.323 e. The number of ether oxygens (including phenoxy) is 3. The quantitative estimate of drug-likeness (QED) is 0.852. The molecule has 1 fully saturated rings. The van der Waals surface area contributed by atoms with Crippen LogP contribution in [-0.4, -0.2) is 38.9 Å². The van der Waals surface area contributed by atoms with Gasteiger partial charge in [-0.1, -0.05) is 11.6 Å². The zero-order valence-electron chi connectivity index (χ0n) is 10.8. The van der Waals surface area contributed by atoms with E-state index in [1.807, 2.05) is 0 Å². The Morgan fingerprint density at radius 2 is 2.21 bits per heavy atom. The number of carbonyl (C=O) groups is 1. The molecule has 1 aromatic rings. The molecule has 0 saturated carbocycles. The molecule has 2 atom stereocenters. The molecule has 1 heterocycles. The highest BCUT2D eigenvalue weighted by Crippen LogP contribution is 2.30. The fraction of sp³-hybridized carbons (Fsp3) is 0.462. The van der Waals surface area contributed by atoms with E-state index in [-0.39, 0.29) is 18.1 Å². The summed E-state index contributed by atoms with van der Waals surface area (Å²) < 4.78 is 15.5. The van der Waals surface area contributed by atoms with Crippen LogP contribution in [0.4, 0.5) is 0 Å². The maximum absolute atomic E-state index is 11.4. The minimum absolute atomic E-state index is 0.102. The fourth-order valence-electron chi connectivity index (χ4n) is 2.00. The maximum atomic E-state index is 11.4. The van der Waals surface area contributed by atoms with Crippen molar-refractivity contribution in [3.05, 3.63) is 23.2 Å². The molecule has 1 aliphatic rings. The molecule has 19 heavy (non-hydrogen) atoms. The molecule has 1 N–H and O–H groups in total. The van der Waals surface area contributed by atoms with Gasteiger partial charge in [-0.15, -0.1) is 0 Å². The fourth-order valence-corrected chi connectivity index (χ4v) is 2.21. The molecule has 5 nitrogen and oxygen atoms in total. The Morgan fingerprint density at radius 1 is 1.42 bits per heavy atom. The first-order valence-electron chi connectivity index (χ1n) is 5.95. The molecule has 0 amide bonds. The Bertz CT molecular complexity index is 466. The average Bonchev–Trinajstić information content (AvgIpc) is 2.88. The van der Waals surface area contributed by atoms with Crippen molar-refractivity contribution in [1.82, 2.24) is 5.32 Å². The highest BCUT2D eigenvalue weighted by Gasteiger charge is 2.31. The predicted molar refractivity (Wildman–Crippen MR) is 70.8 cm³/mol. The molecular formula is C13H16ClNO4. The van der Waals surface area contributed by atoms with E-state index in [0.29, 0.717) is 29.5 Å². The van der Waals surface area contributed by atoms with Crippen LogP contribution in [0.5, 0.6) is 11.5 Å². The van der Waals surface area contributed by atoms with Gasteiger partial charge in [0.1, 0.15) is 23.6 Å². The molecule has 0 aliphatic carbocycles. The molecule has 1 saturated heterocycles. The first-order valence-corrected chi connectivity index (χ1v) is 6.33. The third-order valence-corrected chi connectivity index (χ3v) is 3.30. The summed E-state index contributed by atoms with van der Waals surface area (Å²) in [6.07, 6.45) is 0.463. The van der Waals surface area contributed by atoms with Gasteiger partial charge in [0.15, 0.2) is 0 Å². The molecule has 6 heteroatoms. The lowest BCUT2D eigenvalue weighted by molar-refractivity contribution is -0.142. The Morgan fingerprint density at radius 3 is 2.84 bits per heavy atom. The molecule has 2 unspecified atom stereocenters. The number of methoxy groups -OCH3 is 2. The number of esters is 1. The van der Waals surface area contributed by atoms with Gasteiger partial charge in [0.05, 0.1) is 19.2 Å². The summed E-state index contributed by atoms with van der Waals surface area (Å²) in [4.78, 5) is 11.4. The topological polar surface area (TPSA) is 56.8 Å². The van der Waals surface area contributed by atoms with E-state index in [0.717, 1.165) is 0 Å². The molecule has 1 aromatic carbocycles. The molecule has 1 aliphatic heterocycles. The van der Waals surface area contributed by atoms with Crippen LogP contribution >= 0.6 is 11.6 Å². The van der Waals surface area contributed by atoms with Crippen LogP contribution in [0, 0.1) is 0 Å². The summed E-state index contributed by atoms with van der Waals surface area (Å²) in [5, 5.41) is 3.54. The van der Waals surface area contributed by atoms with Gasteiger partial charge in [-0.2, -0.15) is 0 Å². The first-order chi connectivity index (χ1) is 9.13. The van der Waals surface area contributed by atoms with Crippen LogP contribution in [0.2, 0.25) is 5.02 Å². The lowest BCUT2D eigenvalue weighted by atomic mass is 10.2. The lowest BCUT2D eigenvalue weighted by Gasteiger charge is -2.14. The summed E-state index contributed by atoms with van der Waals surface area (Å²) >= 11 is 6.10. The Balaban J connectivity index is 1.97. The highest BCUT2D eigenvalue weighted by molar-refractivity contribution is 6.32. The Hall–Kier alpha value is -1.46. The van der Waals surface area contributed by atoms with Gasteiger partial charge in [0, 0.05) is 19.0 Å². The second kappa shape index (κ2) is 6.12. The summed E-state index contributed by atoms with van der Waals surface area (Å²) in [5.74, 6) is 0.987. The maximum Gasteiger partial charge on any atom is 0.323 e. The van der Waals surface area contributed by atoms with E-state index in [1.165, 1.54) is 7.11 Å². The van der Waals surface area contributed by atoms with Crippen LogP contribution in [0.1, 0.15) is 6.42 Å². The van der Waals surface area contributed by atoms with Crippen LogP contribution in [0.15, 0.2) is 18.2 Å². The summed E-state index contributed by atoms with van der Waals surface area (Å²) in [5.41, 5.74) is 0. The summed E-state index contributed by atoms with van der Waals surface area (Å²) in [7, 11) is 2.95. The Kier molecular flexibility index (Phi) is 4.50. The molecule has 0 bridgehead atoms. The van der Waals surface area contributed by atoms with Crippen molar-refractivity contribution in [3.8, 4) is 11.5 Å². The molecular weight excluding hydrogens is 270 g/mol. The van der Waals surface area contributed by atoms with Crippen molar-refractivity contribution in [2.24, 2.45) is 0 Å². The number of benzene rings is 1. The predicted octanol–water partition coefficient (Wildman–Crippen LogP) is 1.63. The van der Waals surface area contributed by atoms with Crippen molar-refractivity contribution in [2.45, 2.75) is 18.6 Å². The Labute approximate surface area is 116 Å². The molecule has 0 radical (unpaired) electrons. The van der Waals surface area contributed by atoms with Crippen molar-refractivity contribution in [1.29, 1.82) is 0 Å². The van der Waals surface area contributed by atoms with Gasteiger partial charge in [-0.25, -0.2) is 0 Å². The first kappa shape index (κ1) is 14.0. The van der Waals surface area contributed by atoms with Gasteiger partial charge < -0.3 is 19.5 Å². The lowest BCUT2D eigenvalue weighted by Crippen LogP contribution is -2.31. The second-order valence-corrected chi connectivity index (χ2v) is 4.66. The second-order valence-electron chi connectivity index (χ2n) is 4.26. The number of nitrogens with one attached hydrogen (secondary N) is 1. The highest BCUT2D eigenvalue weighted by atomic mass is 35.5. The van der Waals surface area contributed by atoms with Crippen LogP contribution in [0.3, 0.4) is 0 Å². The average molecular weight is 286 g/mol. The number of rotatable bonds is 4. The van der Waals surface area contributed by atoms with Crippen molar-refractivity contribution in [3.63, 3.8) is 0 Å². The van der Waals surface area contributed by atoms with E-state index in [4.69, 9.17) is 21.1 Å². The van der Waals surface area contributed by atoms with Crippen molar-refractivity contribution < 1.29 is 19.0 Å². The zero-order chi connectivity index (χ0) is 13.8. The standard InChI is InChI=1S/C13H16ClNO4/c1-17-8-3-4-12(10(14)5-8)19-9-6-11(15-7-9)13(16)18-2/h3-5,9,11,15H,6-7H2,1-2H3. The summed E-state index contributed by atoms with van der Waals surface area (Å²) in [6.45, 7) is 0.585. The van der Waals surface area contributed by atoms with Crippen LogP contribution in [0.25, 0.3) is 0 Å². The number of hydrogen-bond donors (Lipinski definition) is 1. The minimum atomic E-state index is -0.313. The number of halogens is 1. The third-order valence-electron chi connectivity index (χ3n) is 3.01. The van der Waals surface area contributed by atoms with E-state index >= 15 is 0 Å². The van der Waals surface area contributed by atoms with Crippen LogP contribution in [-0.2, 0) is 9.53 Å². The summed E-state index contributed by atoms with van der Waals surface area (Å²) in [6, 6.07) is 4.91. The number of carbonyl (C=O) groups excluding carboxylic acids is 1.